The zero-order chi connectivity index (χ0) is 22.9. The number of carbonyl (C=O) groups is 1. The Morgan fingerprint density at radius 1 is 0.939 bits per heavy atom. The fourth-order valence-corrected chi connectivity index (χ4v) is 5.16. The van der Waals surface area contributed by atoms with Gasteiger partial charge in [0.2, 0.25) is 0 Å². The molecule has 5 rings (SSSR count). The molecule has 0 unspecified atom stereocenters. The number of halogens is 3. The summed E-state index contributed by atoms with van der Waals surface area (Å²) < 4.78 is 0.933. The van der Waals surface area contributed by atoms with Crippen molar-refractivity contribution in [1.82, 2.24) is 5.01 Å². The molecule has 6 heteroatoms. The number of fused-ring (bicyclic) bond motifs is 1. The number of nitrogens with zero attached hydrogens (tertiary/aromatic N) is 2. The Morgan fingerprint density at radius 2 is 1.58 bits per heavy atom. The SMILES string of the molecule is O=C(c1ccc(Br)cc1)N1N=C2/C(=C/c3ccc(Cl)cc3)CCC[C@H]2[C@@H]1c1ccc(Cl)cc1. The van der Waals surface area contributed by atoms with E-state index < -0.39 is 0 Å². The maximum absolute atomic E-state index is 13.6. The van der Waals surface area contributed by atoms with Crippen LogP contribution in [0, 0.1) is 5.92 Å². The average molecular weight is 540 g/mol. The molecule has 1 amide bonds. The number of hydrogen-bond acceptors (Lipinski definition) is 2. The summed E-state index contributed by atoms with van der Waals surface area (Å²) in [6, 6.07) is 22.8. The Balaban J connectivity index is 1.57. The molecule has 0 radical (unpaired) electrons. The van der Waals surface area contributed by atoms with Gasteiger partial charge in [-0.05, 0) is 90.6 Å². The van der Waals surface area contributed by atoms with Gasteiger partial charge in [-0.2, -0.15) is 5.10 Å². The van der Waals surface area contributed by atoms with E-state index in [1.54, 1.807) is 5.01 Å². The quantitative estimate of drug-likeness (QED) is 0.330. The summed E-state index contributed by atoms with van der Waals surface area (Å²) in [7, 11) is 0. The van der Waals surface area contributed by atoms with Crippen LogP contribution in [0.1, 0.15) is 46.8 Å². The third-order valence-electron chi connectivity index (χ3n) is 6.22. The highest BCUT2D eigenvalue weighted by molar-refractivity contribution is 9.10. The second-order valence-electron chi connectivity index (χ2n) is 8.36. The van der Waals surface area contributed by atoms with Gasteiger partial charge in [-0.15, -0.1) is 0 Å². The Labute approximate surface area is 211 Å². The van der Waals surface area contributed by atoms with Crippen molar-refractivity contribution in [1.29, 1.82) is 0 Å². The minimum absolute atomic E-state index is 0.102. The molecule has 3 aromatic rings. The van der Waals surface area contributed by atoms with Gasteiger partial charge >= 0.3 is 0 Å². The lowest BCUT2D eigenvalue weighted by Crippen LogP contribution is -2.31. The largest absolute Gasteiger partial charge is 0.274 e. The average Bonchev–Trinajstić information content (AvgIpc) is 3.22. The maximum Gasteiger partial charge on any atom is 0.274 e. The first-order chi connectivity index (χ1) is 16.0. The third-order valence-corrected chi connectivity index (χ3v) is 7.26. The van der Waals surface area contributed by atoms with E-state index in [0.29, 0.717) is 15.6 Å². The predicted octanol–water partition coefficient (Wildman–Crippen LogP) is 8.19. The van der Waals surface area contributed by atoms with E-state index >= 15 is 0 Å². The van der Waals surface area contributed by atoms with Crippen LogP contribution in [0.2, 0.25) is 10.0 Å². The first-order valence-electron chi connectivity index (χ1n) is 10.9. The molecule has 1 heterocycles. The number of allylic oxidation sites excluding steroid dienone is 1. The van der Waals surface area contributed by atoms with Crippen LogP contribution < -0.4 is 0 Å². The van der Waals surface area contributed by atoms with Gasteiger partial charge in [0.1, 0.15) is 0 Å². The number of rotatable bonds is 3. The fourth-order valence-electron chi connectivity index (χ4n) is 4.65. The minimum atomic E-state index is -0.165. The van der Waals surface area contributed by atoms with Crippen LogP contribution in [0.5, 0.6) is 0 Å². The molecule has 0 spiro atoms. The lowest BCUT2D eigenvalue weighted by Gasteiger charge is -2.29. The molecule has 3 nitrogen and oxygen atoms in total. The third kappa shape index (κ3) is 4.65. The summed E-state index contributed by atoms with van der Waals surface area (Å²) in [6.07, 6.45) is 5.14. The van der Waals surface area contributed by atoms with E-state index in [1.807, 2.05) is 72.8 Å². The van der Waals surface area contributed by atoms with Gasteiger partial charge in [0, 0.05) is 26.0 Å². The number of carbonyl (C=O) groups excluding carboxylic acids is 1. The van der Waals surface area contributed by atoms with Crippen LogP contribution in [-0.4, -0.2) is 16.6 Å². The molecule has 1 saturated carbocycles. The van der Waals surface area contributed by atoms with Gasteiger partial charge in [0.15, 0.2) is 0 Å². The molecule has 0 aromatic heterocycles. The standard InChI is InChI=1S/C27H21BrCl2N2O/c28-21-10-6-19(7-11-21)27(33)32-26(18-8-14-23(30)15-9-18)24-3-1-2-20(25(24)31-32)16-17-4-12-22(29)13-5-17/h4-16,24,26H,1-3H2/b20-16+/t24-,26+/m1/s1. The van der Waals surface area contributed by atoms with E-state index in [-0.39, 0.29) is 17.9 Å². The summed E-state index contributed by atoms with van der Waals surface area (Å²) in [5.74, 6) is 0.0352. The summed E-state index contributed by atoms with van der Waals surface area (Å²) >= 11 is 15.7. The first-order valence-corrected chi connectivity index (χ1v) is 12.4. The minimum Gasteiger partial charge on any atom is -0.267 e. The zero-order valence-corrected chi connectivity index (χ0v) is 20.8. The van der Waals surface area contributed by atoms with Crippen molar-refractivity contribution >= 4 is 56.8 Å². The van der Waals surface area contributed by atoms with Crippen LogP contribution in [0.3, 0.4) is 0 Å². The van der Waals surface area contributed by atoms with Crippen molar-refractivity contribution in [2.75, 3.05) is 0 Å². The lowest BCUT2D eigenvalue weighted by atomic mass is 9.77. The van der Waals surface area contributed by atoms with Crippen molar-refractivity contribution < 1.29 is 4.79 Å². The highest BCUT2D eigenvalue weighted by atomic mass is 79.9. The van der Waals surface area contributed by atoms with Gasteiger partial charge in [0.05, 0.1) is 11.8 Å². The van der Waals surface area contributed by atoms with Crippen LogP contribution in [0.25, 0.3) is 6.08 Å². The number of hydrogen-bond donors (Lipinski definition) is 0. The van der Waals surface area contributed by atoms with E-state index in [2.05, 4.69) is 22.0 Å². The van der Waals surface area contributed by atoms with Crippen LogP contribution >= 0.6 is 39.1 Å². The Morgan fingerprint density at radius 3 is 2.24 bits per heavy atom. The van der Waals surface area contributed by atoms with Crippen LogP contribution in [0.4, 0.5) is 0 Å². The normalized spacial score (nSPS) is 21.1. The van der Waals surface area contributed by atoms with Gasteiger partial charge in [-0.1, -0.05) is 63.4 Å². The van der Waals surface area contributed by atoms with Gasteiger partial charge in [-0.25, -0.2) is 5.01 Å². The number of amides is 1. The molecule has 2 atom stereocenters. The highest BCUT2D eigenvalue weighted by Crippen LogP contribution is 2.45. The molecular weight excluding hydrogens is 519 g/mol. The van der Waals surface area contributed by atoms with Crippen molar-refractivity contribution in [3.63, 3.8) is 0 Å². The Bertz CT molecular complexity index is 1230. The van der Waals surface area contributed by atoms with Crippen LogP contribution in [-0.2, 0) is 0 Å². The summed E-state index contributed by atoms with van der Waals surface area (Å²) in [4.78, 5) is 13.6. The molecule has 1 aliphatic heterocycles. The molecule has 1 aliphatic carbocycles. The Kier molecular flexibility index (Phi) is 6.42. The highest BCUT2D eigenvalue weighted by Gasteiger charge is 2.43. The number of hydrazone groups is 1. The topological polar surface area (TPSA) is 32.7 Å². The van der Waals surface area contributed by atoms with E-state index in [9.17, 15) is 4.79 Å². The molecule has 33 heavy (non-hydrogen) atoms. The summed E-state index contributed by atoms with van der Waals surface area (Å²) in [5.41, 5.74) is 4.92. The molecule has 3 aromatic carbocycles. The summed E-state index contributed by atoms with van der Waals surface area (Å²) in [6.45, 7) is 0. The predicted molar refractivity (Wildman–Crippen MR) is 139 cm³/mol. The smallest absolute Gasteiger partial charge is 0.267 e. The van der Waals surface area contributed by atoms with E-state index in [4.69, 9.17) is 28.3 Å². The first kappa shape index (κ1) is 22.4. The molecule has 166 valence electrons. The molecule has 1 fully saturated rings. The molecule has 0 bridgehead atoms. The van der Waals surface area contributed by atoms with Gasteiger partial charge < -0.3 is 0 Å². The van der Waals surface area contributed by atoms with Crippen molar-refractivity contribution in [3.8, 4) is 0 Å². The van der Waals surface area contributed by atoms with E-state index in [0.717, 1.165) is 40.6 Å². The monoisotopic (exact) mass is 538 g/mol. The summed E-state index contributed by atoms with van der Waals surface area (Å²) in [5, 5.41) is 8.01. The van der Waals surface area contributed by atoms with Crippen molar-refractivity contribution in [2.45, 2.75) is 25.3 Å². The van der Waals surface area contributed by atoms with Crippen molar-refractivity contribution in [3.05, 3.63) is 110 Å². The number of benzene rings is 3. The molecular formula is C27H21BrCl2N2O. The van der Waals surface area contributed by atoms with Crippen molar-refractivity contribution in [2.24, 2.45) is 11.0 Å². The second kappa shape index (κ2) is 9.46. The van der Waals surface area contributed by atoms with Gasteiger partial charge in [-0.3, -0.25) is 4.79 Å². The second-order valence-corrected chi connectivity index (χ2v) is 10.1. The lowest BCUT2D eigenvalue weighted by molar-refractivity contribution is 0.0681. The van der Waals surface area contributed by atoms with Crippen LogP contribution in [0.15, 0.2) is 87.9 Å². The maximum atomic E-state index is 13.6. The zero-order valence-electron chi connectivity index (χ0n) is 17.7. The fraction of sp³-hybridized carbons (Fsp3) is 0.185. The van der Waals surface area contributed by atoms with Gasteiger partial charge in [0.25, 0.3) is 5.91 Å². The molecule has 2 aliphatic rings. The molecule has 0 saturated heterocycles. The molecule has 0 N–H and O–H groups in total. The van der Waals surface area contributed by atoms with E-state index in [1.165, 1.54) is 5.57 Å². The Hall–Kier alpha value is -2.40.